The number of rotatable bonds is 10. The number of aromatic amines is 1. The Bertz CT molecular complexity index is 1740. The van der Waals surface area contributed by atoms with Crippen molar-refractivity contribution < 1.29 is 23.0 Å². The molecule has 8 nitrogen and oxygen atoms in total. The molecule has 0 aliphatic heterocycles. The number of fused-ring (bicyclic) bond motifs is 1. The molecule has 0 saturated heterocycles. The highest BCUT2D eigenvalue weighted by molar-refractivity contribution is 7.89. The van der Waals surface area contributed by atoms with Crippen molar-refractivity contribution in [3.63, 3.8) is 0 Å². The summed E-state index contributed by atoms with van der Waals surface area (Å²) in [5.74, 6) is -0.649. The van der Waals surface area contributed by atoms with Crippen LogP contribution in [0.4, 0.5) is 4.39 Å². The average Bonchev–Trinajstić information content (AvgIpc) is 3.62. The van der Waals surface area contributed by atoms with Gasteiger partial charge in [0.25, 0.3) is 0 Å². The molecule has 5 aromatic rings. The van der Waals surface area contributed by atoms with Crippen LogP contribution >= 0.6 is 22.9 Å². The average molecular weight is 601 g/mol. The molecule has 0 spiro atoms. The maximum Gasteiger partial charge on any atom is 0.244 e. The predicted octanol–water partition coefficient (Wildman–Crippen LogP) is 5.53. The summed E-state index contributed by atoms with van der Waals surface area (Å²) in [4.78, 5) is 4.96. The lowest BCUT2D eigenvalue weighted by Crippen LogP contribution is -2.29. The highest BCUT2D eigenvalue weighted by Crippen LogP contribution is 2.41. The molecule has 0 aliphatic rings. The Balaban J connectivity index is 1.62. The van der Waals surface area contributed by atoms with E-state index >= 15 is 4.39 Å². The van der Waals surface area contributed by atoms with Crippen molar-refractivity contribution >= 4 is 43.0 Å². The monoisotopic (exact) mass is 600 g/mol. The Morgan fingerprint density at radius 2 is 2.00 bits per heavy atom. The van der Waals surface area contributed by atoms with Gasteiger partial charge >= 0.3 is 0 Å². The fourth-order valence-electron chi connectivity index (χ4n) is 4.56. The molecule has 3 heterocycles. The van der Waals surface area contributed by atoms with Crippen LogP contribution in [0.3, 0.4) is 0 Å². The van der Waals surface area contributed by atoms with E-state index in [4.69, 9.17) is 11.6 Å². The fourth-order valence-corrected chi connectivity index (χ4v) is 7.24. The van der Waals surface area contributed by atoms with E-state index in [1.165, 1.54) is 41.9 Å². The van der Waals surface area contributed by atoms with Gasteiger partial charge in [-0.05, 0) is 61.0 Å². The van der Waals surface area contributed by atoms with Gasteiger partial charge in [-0.2, -0.15) is 9.82 Å². The van der Waals surface area contributed by atoms with Crippen molar-refractivity contribution in [3.8, 4) is 11.3 Å². The second-order valence-corrected chi connectivity index (χ2v) is 12.7. The van der Waals surface area contributed by atoms with Gasteiger partial charge in [0, 0.05) is 44.7 Å². The maximum absolute atomic E-state index is 15.2. The summed E-state index contributed by atoms with van der Waals surface area (Å²) >= 11 is 7.71. The van der Waals surface area contributed by atoms with E-state index < -0.39 is 27.5 Å². The first-order valence-corrected chi connectivity index (χ1v) is 15.1. The van der Waals surface area contributed by atoms with E-state index in [0.29, 0.717) is 29.0 Å². The lowest BCUT2D eigenvalue weighted by atomic mass is 9.91. The Kier molecular flexibility index (Phi) is 8.05. The Morgan fingerprint density at radius 1 is 1.20 bits per heavy atom. The molecule has 0 bridgehead atoms. The molecule has 0 fully saturated rings. The molecule has 2 atom stereocenters. The number of benzene rings is 2. The van der Waals surface area contributed by atoms with Crippen molar-refractivity contribution in [3.05, 3.63) is 100 Å². The quantitative estimate of drug-likeness (QED) is 0.167. The number of pyridine rings is 1. The van der Waals surface area contributed by atoms with Gasteiger partial charge in [0.15, 0.2) is 0 Å². The normalized spacial score (nSPS) is 14.3. The zero-order chi connectivity index (χ0) is 28.5. The van der Waals surface area contributed by atoms with Crippen molar-refractivity contribution in [1.82, 2.24) is 19.9 Å². The number of hydrogen-bond donors (Lipinski definition) is 4. The third-order valence-corrected chi connectivity index (χ3v) is 9.64. The maximum atomic E-state index is 15.2. The van der Waals surface area contributed by atoms with Gasteiger partial charge in [-0.15, -0.1) is 11.3 Å². The van der Waals surface area contributed by atoms with Crippen molar-refractivity contribution in [2.45, 2.75) is 36.3 Å². The number of thiophene rings is 1. The van der Waals surface area contributed by atoms with Gasteiger partial charge in [-0.3, -0.25) is 10.1 Å². The predicted molar refractivity (Wildman–Crippen MR) is 153 cm³/mol. The zero-order valence-corrected chi connectivity index (χ0v) is 23.7. The van der Waals surface area contributed by atoms with Crippen molar-refractivity contribution in [1.29, 1.82) is 0 Å². The second kappa shape index (κ2) is 11.4. The number of halogens is 2. The summed E-state index contributed by atoms with van der Waals surface area (Å²) in [5.41, 5.74) is 0.880. The van der Waals surface area contributed by atoms with Gasteiger partial charge in [-0.1, -0.05) is 35.9 Å². The van der Waals surface area contributed by atoms with Crippen LogP contribution in [-0.2, 0) is 15.6 Å². The topological polar surface area (TPSA) is 128 Å². The highest BCUT2D eigenvalue weighted by atomic mass is 35.5. The summed E-state index contributed by atoms with van der Waals surface area (Å²) in [6.07, 6.45) is 4.84. The lowest BCUT2D eigenvalue weighted by Gasteiger charge is -2.24. The largest absolute Gasteiger partial charge is 0.396 e. The summed E-state index contributed by atoms with van der Waals surface area (Å²) < 4.78 is 45.0. The molecule has 0 radical (unpaired) electrons. The van der Waals surface area contributed by atoms with E-state index in [1.807, 2.05) is 18.2 Å². The van der Waals surface area contributed by atoms with Crippen LogP contribution in [0.2, 0.25) is 5.02 Å². The third kappa shape index (κ3) is 5.67. The standard InChI is InChI=1S/C28H26ClFN4O4S2/c1-28(36,10-4-12-35)18-9-11-31-23(14-18)20-6-2-5-17-13-24(39-27(17)20)26(25-21(29)7-3-8-22(25)30)34-40(37,38)19-15-32-33-16-19/h2-3,5-9,11,13-16,26,34-36H,4,10,12H2,1H3,(H,32,33). The highest BCUT2D eigenvalue weighted by Gasteiger charge is 2.30. The smallest absolute Gasteiger partial charge is 0.244 e. The van der Waals surface area contributed by atoms with Crippen molar-refractivity contribution in [2.75, 3.05) is 6.61 Å². The van der Waals surface area contributed by atoms with E-state index in [9.17, 15) is 18.6 Å². The Labute approximate surface area is 239 Å². The SMILES string of the molecule is CC(O)(CCCO)c1ccnc(-c2cccc3cc(C(NS(=O)(=O)c4cn[nH]c4)c4c(F)cccc4Cl)sc23)c1. The van der Waals surface area contributed by atoms with E-state index in [0.717, 1.165) is 15.6 Å². The van der Waals surface area contributed by atoms with E-state index in [2.05, 4.69) is 19.9 Å². The van der Waals surface area contributed by atoms with Crippen LogP contribution in [0.25, 0.3) is 21.3 Å². The van der Waals surface area contributed by atoms with Crippen LogP contribution in [-0.4, -0.2) is 40.4 Å². The molecule has 5 rings (SSSR count). The second-order valence-electron chi connectivity index (χ2n) is 9.53. The van der Waals surface area contributed by atoms with Crippen LogP contribution in [0.1, 0.15) is 41.8 Å². The molecule has 3 aromatic heterocycles. The molecule has 2 aromatic carbocycles. The van der Waals surface area contributed by atoms with Crippen molar-refractivity contribution in [2.24, 2.45) is 0 Å². The number of hydrogen-bond acceptors (Lipinski definition) is 7. The number of aliphatic hydroxyl groups is 2. The number of sulfonamides is 1. The first-order chi connectivity index (χ1) is 19.1. The third-order valence-electron chi connectivity index (χ3n) is 6.67. The molecule has 0 amide bonds. The van der Waals surface area contributed by atoms with Gasteiger partial charge in [0.2, 0.25) is 10.0 Å². The van der Waals surface area contributed by atoms with Crippen LogP contribution in [0.5, 0.6) is 0 Å². The first kappa shape index (κ1) is 28.3. The Morgan fingerprint density at radius 3 is 2.73 bits per heavy atom. The number of nitrogens with zero attached hydrogens (tertiary/aromatic N) is 2. The fraction of sp³-hybridized carbons (Fsp3) is 0.214. The molecule has 12 heteroatoms. The number of aromatic nitrogens is 3. The molecule has 4 N–H and O–H groups in total. The molecule has 0 saturated carbocycles. The summed E-state index contributed by atoms with van der Waals surface area (Å²) in [6, 6.07) is 14.0. The molecular weight excluding hydrogens is 575 g/mol. The van der Waals surface area contributed by atoms with Gasteiger partial charge in [0.1, 0.15) is 10.7 Å². The van der Waals surface area contributed by atoms with E-state index in [1.54, 1.807) is 31.3 Å². The Hall–Kier alpha value is -3.19. The summed E-state index contributed by atoms with van der Waals surface area (Å²) in [5, 5.41) is 27.3. The molecule has 0 aliphatic carbocycles. The minimum absolute atomic E-state index is 0.00407. The molecule has 40 heavy (non-hydrogen) atoms. The van der Waals surface area contributed by atoms with Gasteiger partial charge < -0.3 is 10.2 Å². The molecule has 208 valence electrons. The van der Waals surface area contributed by atoms with Crippen LogP contribution < -0.4 is 4.72 Å². The summed E-state index contributed by atoms with van der Waals surface area (Å²) in [7, 11) is -4.10. The lowest BCUT2D eigenvalue weighted by molar-refractivity contribution is 0.0403. The summed E-state index contributed by atoms with van der Waals surface area (Å²) in [6.45, 7) is 1.67. The zero-order valence-electron chi connectivity index (χ0n) is 21.3. The minimum Gasteiger partial charge on any atom is -0.396 e. The van der Waals surface area contributed by atoms with Crippen LogP contribution in [0.15, 0.2) is 78.1 Å². The number of H-pyrrole nitrogens is 1. The van der Waals surface area contributed by atoms with E-state index in [-0.39, 0.29) is 22.1 Å². The minimum atomic E-state index is -4.10. The number of aliphatic hydroxyl groups excluding tert-OH is 1. The first-order valence-electron chi connectivity index (χ1n) is 12.4. The van der Waals surface area contributed by atoms with Gasteiger partial charge in [-0.25, -0.2) is 12.8 Å². The van der Waals surface area contributed by atoms with Crippen LogP contribution in [0, 0.1) is 5.82 Å². The molecule has 2 unspecified atom stereocenters. The molecular formula is C28H26ClFN4O4S2. The van der Waals surface area contributed by atoms with Gasteiger partial charge in [0.05, 0.1) is 23.5 Å². The number of nitrogens with one attached hydrogen (secondary N) is 2.